The summed E-state index contributed by atoms with van der Waals surface area (Å²) in [6.45, 7) is 4.36. The Kier molecular flexibility index (Phi) is 5.36. The van der Waals surface area contributed by atoms with Gasteiger partial charge in [-0.05, 0) is 62.7 Å². The predicted molar refractivity (Wildman–Crippen MR) is 110 cm³/mol. The summed E-state index contributed by atoms with van der Waals surface area (Å²) in [5, 5.41) is 3.59. The molecule has 140 valence electrons. The third-order valence-electron chi connectivity index (χ3n) is 5.11. The van der Waals surface area contributed by atoms with Crippen molar-refractivity contribution < 1.29 is 4.79 Å². The number of aromatic nitrogens is 2. The summed E-state index contributed by atoms with van der Waals surface area (Å²) in [6.07, 6.45) is 9.71. The van der Waals surface area contributed by atoms with Crippen molar-refractivity contribution in [3.05, 3.63) is 65.4 Å². The van der Waals surface area contributed by atoms with Crippen molar-refractivity contribution in [1.29, 1.82) is 0 Å². The Labute approximate surface area is 163 Å². The summed E-state index contributed by atoms with van der Waals surface area (Å²) in [5.74, 6) is -0.124. The van der Waals surface area contributed by atoms with Crippen LogP contribution in [0.25, 0.3) is 5.69 Å². The molecule has 0 radical (unpaired) electrons. The first-order valence-electron chi connectivity index (χ1n) is 9.42. The van der Waals surface area contributed by atoms with Gasteiger partial charge in [0.2, 0.25) is 0 Å². The topological polar surface area (TPSA) is 50.2 Å². The number of carbonyl (C=O) groups excluding carboxylic acids is 1. The summed E-state index contributed by atoms with van der Waals surface area (Å²) >= 11 is 1.56. The van der Waals surface area contributed by atoms with Crippen LogP contribution < -0.4 is 5.32 Å². The van der Waals surface area contributed by atoms with Gasteiger partial charge in [-0.2, -0.15) is 0 Å². The molecule has 0 saturated carbocycles. The summed E-state index contributed by atoms with van der Waals surface area (Å²) in [6, 6.07) is 12.2. The lowest BCUT2D eigenvalue weighted by Crippen LogP contribution is -2.36. The highest BCUT2D eigenvalue weighted by atomic mass is 32.1. The summed E-state index contributed by atoms with van der Waals surface area (Å²) in [7, 11) is 0. The highest BCUT2D eigenvalue weighted by molar-refractivity contribution is 7.15. The van der Waals surface area contributed by atoms with Crippen molar-refractivity contribution in [3.8, 4) is 5.69 Å². The lowest BCUT2D eigenvalue weighted by Gasteiger charge is -2.32. The first-order valence-corrected chi connectivity index (χ1v) is 10.2. The third-order valence-corrected chi connectivity index (χ3v) is 6.00. The molecule has 1 amide bonds. The molecule has 1 atom stereocenters. The molecule has 27 heavy (non-hydrogen) atoms. The second-order valence-corrected chi connectivity index (χ2v) is 8.15. The molecule has 5 nitrogen and oxygen atoms in total. The molecular weight excluding hydrogens is 356 g/mol. The number of piperidine rings is 1. The zero-order valence-electron chi connectivity index (χ0n) is 15.5. The van der Waals surface area contributed by atoms with Crippen LogP contribution in [0.15, 0.2) is 55.0 Å². The number of nitrogens with zero attached hydrogens (tertiary/aromatic N) is 3. The van der Waals surface area contributed by atoms with Crippen molar-refractivity contribution in [2.45, 2.75) is 38.8 Å². The van der Waals surface area contributed by atoms with Crippen LogP contribution >= 0.6 is 11.3 Å². The van der Waals surface area contributed by atoms with Crippen molar-refractivity contribution in [2.75, 3.05) is 11.9 Å². The Morgan fingerprint density at radius 3 is 2.74 bits per heavy atom. The van der Waals surface area contributed by atoms with Crippen molar-refractivity contribution >= 4 is 22.4 Å². The zero-order chi connectivity index (χ0) is 18.6. The minimum Gasteiger partial charge on any atom is -0.324 e. The van der Waals surface area contributed by atoms with E-state index in [1.165, 1.54) is 24.1 Å². The van der Waals surface area contributed by atoms with E-state index in [1.807, 2.05) is 59.6 Å². The molecule has 1 aliphatic rings. The van der Waals surface area contributed by atoms with E-state index in [9.17, 15) is 4.79 Å². The lowest BCUT2D eigenvalue weighted by atomic mass is 10.0. The average Bonchev–Trinajstić information content (AvgIpc) is 3.36. The molecule has 4 rings (SSSR count). The van der Waals surface area contributed by atoms with Crippen LogP contribution in [0.2, 0.25) is 0 Å². The Morgan fingerprint density at radius 2 is 2.00 bits per heavy atom. The molecule has 3 aromatic rings. The molecular formula is C21H24N4OS. The summed E-state index contributed by atoms with van der Waals surface area (Å²) < 4.78 is 2.01. The molecule has 1 saturated heterocycles. The van der Waals surface area contributed by atoms with E-state index >= 15 is 0 Å². The number of carbonyl (C=O) groups is 1. The SMILES string of the molecule is CC1CCCCN1Cc1cnc(NC(=O)c2ccc(-n3cccc3)cc2)s1. The highest BCUT2D eigenvalue weighted by Gasteiger charge is 2.19. The minimum absolute atomic E-state index is 0.124. The van der Waals surface area contributed by atoms with Gasteiger partial charge in [0, 0.05) is 47.3 Å². The van der Waals surface area contributed by atoms with Gasteiger partial charge in [-0.3, -0.25) is 15.0 Å². The van der Waals surface area contributed by atoms with E-state index in [0.717, 1.165) is 18.8 Å². The average molecular weight is 381 g/mol. The van der Waals surface area contributed by atoms with Crippen LogP contribution in [-0.4, -0.2) is 32.9 Å². The summed E-state index contributed by atoms with van der Waals surface area (Å²) in [4.78, 5) is 20.6. The maximum atomic E-state index is 12.5. The number of rotatable bonds is 5. The van der Waals surface area contributed by atoms with Gasteiger partial charge in [-0.25, -0.2) is 4.98 Å². The number of hydrogen-bond donors (Lipinski definition) is 1. The van der Waals surface area contributed by atoms with Gasteiger partial charge in [0.1, 0.15) is 0 Å². The van der Waals surface area contributed by atoms with Crippen molar-refractivity contribution in [2.24, 2.45) is 0 Å². The summed E-state index contributed by atoms with van der Waals surface area (Å²) in [5.41, 5.74) is 1.66. The lowest BCUT2D eigenvalue weighted by molar-refractivity contribution is 0.102. The Morgan fingerprint density at radius 1 is 1.22 bits per heavy atom. The third kappa shape index (κ3) is 4.28. The van der Waals surface area contributed by atoms with Gasteiger partial charge in [-0.1, -0.05) is 6.42 Å². The van der Waals surface area contributed by atoms with Crippen LogP contribution in [0.5, 0.6) is 0 Å². The largest absolute Gasteiger partial charge is 0.324 e. The molecule has 3 heterocycles. The highest BCUT2D eigenvalue weighted by Crippen LogP contribution is 2.24. The Hall–Kier alpha value is -2.44. The number of anilines is 1. The molecule has 1 aromatic carbocycles. The van der Waals surface area contributed by atoms with E-state index in [-0.39, 0.29) is 5.91 Å². The monoisotopic (exact) mass is 380 g/mol. The van der Waals surface area contributed by atoms with Gasteiger partial charge in [0.25, 0.3) is 5.91 Å². The fraction of sp³-hybridized carbons (Fsp3) is 0.333. The molecule has 0 aliphatic carbocycles. The number of nitrogens with one attached hydrogen (secondary N) is 1. The molecule has 1 aliphatic heterocycles. The molecule has 1 N–H and O–H groups in total. The number of likely N-dealkylation sites (tertiary alicyclic amines) is 1. The number of hydrogen-bond acceptors (Lipinski definition) is 4. The van der Waals surface area contributed by atoms with Gasteiger partial charge in [0.15, 0.2) is 5.13 Å². The van der Waals surface area contributed by atoms with Gasteiger partial charge >= 0.3 is 0 Å². The smallest absolute Gasteiger partial charge is 0.257 e. The second kappa shape index (κ2) is 8.06. The first kappa shape index (κ1) is 17.9. The number of amides is 1. The van der Waals surface area contributed by atoms with Crippen LogP contribution in [0.3, 0.4) is 0 Å². The van der Waals surface area contributed by atoms with E-state index in [1.54, 1.807) is 11.3 Å². The molecule has 1 fully saturated rings. The molecule has 1 unspecified atom stereocenters. The zero-order valence-corrected chi connectivity index (χ0v) is 16.3. The molecule has 0 bridgehead atoms. The number of benzene rings is 1. The van der Waals surface area contributed by atoms with Gasteiger partial charge < -0.3 is 4.57 Å². The van der Waals surface area contributed by atoms with E-state index in [0.29, 0.717) is 16.7 Å². The fourth-order valence-corrected chi connectivity index (χ4v) is 4.33. The Balaban J connectivity index is 1.37. The predicted octanol–water partition coefficient (Wildman–Crippen LogP) is 4.56. The minimum atomic E-state index is -0.124. The first-order chi connectivity index (χ1) is 13.2. The maximum Gasteiger partial charge on any atom is 0.257 e. The quantitative estimate of drug-likeness (QED) is 0.706. The molecule has 0 spiro atoms. The molecule has 6 heteroatoms. The van der Waals surface area contributed by atoms with Crippen LogP contribution in [-0.2, 0) is 6.54 Å². The molecule has 2 aromatic heterocycles. The second-order valence-electron chi connectivity index (χ2n) is 7.04. The van der Waals surface area contributed by atoms with E-state index in [2.05, 4.69) is 22.1 Å². The normalized spacial score (nSPS) is 17.7. The van der Waals surface area contributed by atoms with E-state index < -0.39 is 0 Å². The fourth-order valence-electron chi connectivity index (χ4n) is 3.49. The Bertz CT molecular complexity index is 885. The van der Waals surface area contributed by atoms with Crippen LogP contribution in [0.4, 0.5) is 5.13 Å². The van der Waals surface area contributed by atoms with Crippen LogP contribution in [0, 0.1) is 0 Å². The maximum absolute atomic E-state index is 12.5. The van der Waals surface area contributed by atoms with Crippen LogP contribution in [0.1, 0.15) is 41.4 Å². The standard InChI is InChI=1S/C21H24N4OS/c1-16-6-2-3-13-25(16)15-19-14-22-21(27-19)23-20(26)17-7-9-18(10-8-17)24-11-4-5-12-24/h4-5,7-12,14,16H,2-3,6,13,15H2,1H3,(H,22,23,26). The van der Waals surface area contributed by atoms with Crippen molar-refractivity contribution in [3.63, 3.8) is 0 Å². The van der Waals surface area contributed by atoms with Gasteiger partial charge in [0.05, 0.1) is 0 Å². The van der Waals surface area contributed by atoms with Gasteiger partial charge in [-0.15, -0.1) is 11.3 Å². The van der Waals surface area contributed by atoms with E-state index in [4.69, 9.17) is 0 Å². The van der Waals surface area contributed by atoms with Crippen molar-refractivity contribution in [1.82, 2.24) is 14.5 Å². The number of thiazole rings is 1.